The van der Waals surface area contributed by atoms with E-state index in [0.29, 0.717) is 0 Å². The van der Waals surface area contributed by atoms with Crippen molar-refractivity contribution in [2.24, 2.45) is 15.0 Å². The van der Waals surface area contributed by atoms with Crippen LogP contribution in [0.3, 0.4) is 0 Å². The number of hydrogen-bond donors (Lipinski definition) is 0. The summed E-state index contributed by atoms with van der Waals surface area (Å²) in [6, 6.07) is 18.2. The lowest BCUT2D eigenvalue weighted by molar-refractivity contribution is 0.400. The van der Waals surface area contributed by atoms with Gasteiger partial charge in [-0.15, -0.1) is 0 Å². The van der Waals surface area contributed by atoms with E-state index in [-0.39, 0.29) is 6.54 Å². The first-order valence-corrected chi connectivity index (χ1v) is 7.09. The summed E-state index contributed by atoms with van der Waals surface area (Å²) in [6.45, 7) is -0.324. The lowest BCUT2D eigenvalue weighted by Gasteiger charge is -2.30. The van der Waals surface area contributed by atoms with Crippen molar-refractivity contribution < 1.29 is 14.4 Å². The number of hydrogen-bond acceptors (Lipinski definition) is 6. The van der Waals surface area contributed by atoms with Crippen LogP contribution >= 0.6 is 0 Å². The van der Waals surface area contributed by atoms with Crippen molar-refractivity contribution in [3.8, 4) is 0 Å². The summed E-state index contributed by atoms with van der Waals surface area (Å²) in [4.78, 5) is 43.6. The molecule has 2 rings (SSSR count). The van der Waals surface area contributed by atoms with E-state index < -0.39 is 11.6 Å². The zero-order chi connectivity index (χ0) is 17.3. The second-order valence-electron chi connectivity index (χ2n) is 4.95. The molecule has 0 bridgehead atoms. The van der Waals surface area contributed by atoms with Gasteiger partial charge in [0.2, 0.25) is 23.9 Å². The summed E-state index contributed by atoms with van der Waals surface area (Å²) in [7, 11) is 0. The average Bonchev–Trinajstić information content (AvgIpc) is 2.62. The van der Waals surface area contributed by atoms with E-state index >= 15 is 0 Å². The molecular formula is C18H13N3O3. The largest absolute Gasteiger partial charge is 0.237 e. The van der Waals surface area contributed by atoms with Crippen LogP contribution in [0, 0.1) is 0 Å². The van der Waals surface area contributed by atoms with E-state index in [9.17, 15) is 14.4 Å². The van der Waals surface area contributed by atoms with Gasteiger partial charge in [-0.05, 0) is 11.1 Å². The van der Waals surface area contributed by atoms with E-state index in [0.717, 1.165) is 11.1 Å². The summed E-state index contributed by atoms with van der Waals surface area (Å²) < 4.78 is 0. The maximum absolute atomic E-state index is 11.0. The van der Waals surface area contributed by atoms with Gasteiger partial charge in [-0.2, -0.15) is 9.98 Å². The Labute approximate surface area is 138 Å². The molecular weight excluding hydrogens is 306 g/mol. The summed E-state index contributed by atoms with van der Waals surface area (Å²) in [5.41, 5.74) is -0.144. The molecule has 0 aliphatic rings. The van der Waals surface area contributed by atoms with Crippen molar-refractivity contribution in [3.63, 3.8) is 0 Å². The molecule has 6 nitrogen and oxygen atoms in total. The Morgan fingerprint density at radius 2 is 1.21 bits per heavy atom. The van der Waals surface area contributed by atoms with Crippen molar-refractivity contribution in [1.82, 2.24) is 0 Å². The molecule has 6 heteroatoms. The highest BCUT2D eigenvalue weighted by Crippen LogP contribution is 2.38. The van der Waals surface area contributed by atoms with Gasteiger partial charge in [-0.3, -0.25) is 0 Å². The molecule has 0 amide bonds. The Morgan fingerprint density at radius 1 is 0.750 bits per heavy atom. The molecule has 0 radical (unpaired) electrons. The van der Waals surface area contributed by atoms with Crippen LogP contribution in [0.5, 0.6) is 0 Å². The van der Waals surface area contributed by atoms with E-state index in [1.807, 2.05) is 60.7 Å². The topological polar surface area (TPSA) is 88.3 Å². The molecule has 24 heavy (non-hydrogen) atoms. The second kappa shape index (κ2) is 8.28. The molecule has 0 spiro atoms. The molecule has 0 fully saturated rings. The van der Waals surface area contributed by atoms with E-state index in [1.54, 1.807) is 0 Å². The second-order valence-corrected chi connectivity index (χ2v) is 4.95. The van der Waals surface area contributed by atoms with Crippen LogP contribution in [0.4, 0.5) is 0 Å². The molecule has 0 N–H and O–H groups in total. The minimum Gasteiger partial charge on any atom is -0.211 e. The summed E-state index contributed by atoms with van der Waals surface area (Å²) in [5.74, 6) is -0.625. The first kappa shape index (κ1) is 16.9. The maximum atomic E-state index is 11.0. The number of isocyanates is 3. The molecule has 118 valence electrons. The predicted molar refractivity (Wildman–Crippen MR) is 86.7 cm³/mol. The van der Waals surface area contributed by atoms with Gasteiger partial charge in [0.1, 0.15) is 0 Å². The Morgan fingerprint density at radius 3 is 1.58 bits per heavy atom. The third-order valence-corrected chi connectivity index (χ3v) is 3.58. The van der Waals surface area contributed by atoms with Gasteiger partial charge in [0.05, 0.1) is 12.5 Å². The standard InChI is InChI=1S/C18H13N3O3/c22-12-19-11-18(20-13-23,21-14-24)17(15-7-3-1-4-8-15)16-9-5-2-6-10-16/h1-10,17H,11H2. The fourth-order valence-electron chi connectivity index (χ4n) is 2.64. The van der Waals surface area contributed by atoms with Gasteiger partial charge >= 0.3 is 0 Å². The third kappa shape index (κ3) is 3.67. The number of rotatable bonds is 7. The normalized spacial score (nSPS) is 12.2. The zero-order valence-corrected chi connectivity index (χ0v) is 12.6. The fraction of sp³-hybridized carbons (Fsp3) is 0.167. The zero-order valence-electron chi connectivity index (χ0n) is 12.6. The molecule has 0 aromatic heterocycles. The van der Waals surface area contributed by atoms with Crippen LogP contribution in [0.1, 0.15) is 17.0 Å². The smallest absolute Gasteiger partial charge is 0.211 e. The quantitative estimate of drug-likeness (QED) is 0.580. The SMILES string of the molecule is O=C=NCC(N=C=O)(N=C=O)C(c1ccccc1)c1ccccc1. The Kier molecular flexibility index (Phi) is 5.84. The van der Waals surface area contributed by atoms with E-state index in [4.69, 9.17) is 0 Å². The van der Waals surface area contributed by atoms with Crippen LogP contribution < -0.4 is 0 Å². The lowest BCUT2D eigenvalue weighted by Crippen LogP contribution is -2.36. The third-order valence-electron chi connectivity index (χ3n) is 3.58. The molecule has 0 unspecified atom stereocenters. The van der Waals surface area contributed by atoms with E-state index in [1.165, 1.54) is 18.2 Å². The van der Waals surface area contributed by atoms with Crippen molar-refractivity contribution in [2.75, 3.05) is 6.54 Å². The van der Waals surface area contributed by atoms with Crippen molar-refractivity contribution >= 4 is 18.2 Å². The number of aliphatic imine (C=N–C) groups is 3. The first-order chi connectivity index (χ1) is 11.8. The summed E-state index contributed by atoms with van der Waals surface area (Å²) in [6.07, 6.45) is 4.26. The molecule has 0 atom stereocenters. The van der Waals surface area contributed by atoms with Crippen LogP contribution in [-0.2, 0) is 14.4 Å². The van der Waals surface area contributed by atoms with Gasteiger partial charge in [-0.1, -0.05) is 60.7 Å². The number of carbonyl (C=O) groups excluding carboxylic acids is 3. The molecule has 0 saturated carbocycles. The van der Waals surface area contributed by atoms with E-state index in [2.05, 4.69) is 15.0 Å². The van der Waals surface area contributed by atoms with Gasteiger partial charge in [0.25, 0.3) is 0 Å². The van der Waals surface area contributed by atoms with Gasteiger partial charge < -0.3 is 0 Å². The van der Waals surface area contributed by atoms with Crippen LogP contribution in [-0.4, -0.2) is 30.4 Å². The molecule has 0 heterocycles. The molecule has 2 aromatic carbocycles. The predicted octanol–water partition coefficient (Wildman–Crippen LogP) is 2.52. The first-order valence-electron chi connectivity index (χ1n) is 7.09. The minimum atomic E-state index is -1.65. The Balaban J connectivity index is 2.76. The molecule has 2 aromatic rings. The van der Waals surface area contributed by atoms with Crippen LogP contribution in [0.15, 0.2) is 75.6 Å². The summed E-state index contributed by atoms with van der Waals surface area (Å²) in [5, 5.41) is 0. The highest BCUT2D eigenvalue weighted by atomic mass is 16.1. The minimum absolute atomic E-state index is 0.324. The maximum Gasteiger partial charge on any atom is 0.237 e. The van der Waals surface area contributed by atoms with Crippen LogP contribution in [0.2, 0.25) is 0 Å². The van der Waals surface area contributed by atoms with Crippen molar-refractivity contribution in [3.05, 3.63) is 71.8 Å². The Hall–Kier alpha value is -3.42. The average molecular weight is 319 g/mol. The molecule has 0 aliphatic carbocycles. The van der Waals surface area contributed by atoms with Gasteiger partial charge in [-0.25, -0.2) is 19.4 Å². The monoisotopic (exact) mass is 319 g/mol. The highest BCUT2D eigenvalue weighted by molar-refractivity contribution is 5.46. The van der Waals surface area contributed by atoms with Gasteiger partial charge in [0, 0.05) is 0 Å². The highest BCUT2D eigenvalue weighted by Gasteiger charge is 2.41. The molecule has 0 saturated heterocycles. The van der Waals surface area contributed by atoms with Crippen molar-refractivity contribution in [1.29, 1.82) is 0 Å². The number of nitrogens with zero attached hydrogens (tertiary/aromatic N) is 3. The Bertz CT molecular complexity index is 760. The summed E-state index contributed by atoms with van der Waals surface area (Å²) >= 11 is 0. The lowest BCUT2D eigenvalue weighted by atomic mass is 9.81. The fourth-order valence-corrected chi connectivity index (χ4v) is 2.64. The number of benzene rings is 2. The van der Waals surface area contributed by atoms with Crippen molar-refractivity contribution in [2.45, 2.75) is 11.6 Å². The molecule has 0 aliphatic heterocycles. The van der Waals surface area contributed by atoms with Gasteiger partial charge in [0.15, 0.2) is 0 Å². The van der Waals surface area contributed by atoms with Crippen LogP contribution in [0.25, 0.3) is 0 Å².